The Kier molecular flexibility index (Phi) is 3.53. The van der Waals surface area contributed by atoms with E-state index in [-0.39, 0.29) is 6.29 Å². The Morgan fingerprint density at radius 1 is 1.05 bits per heavy atom. The van der Waals surface area contributed by atoms with Gasteiger partial charge < -0.3 is 20.1 Å². The van der Waals surface area contributed by atoms with E-state index in [0.29, 0.717) is 13.2 Å². The summed E-state index contributed by atoms with van der Waals surface area (Å²) in [5, 5.41) is 6.52. The molecule has 0 atom stereocenters. The maximum Gasteiger partial charge on any atom is 0.161 e. The standard InChI is InChI=1S/C15H18N2O2/c1-11-2-4-16-13(8-11)14-9-12(3-5-17-14)10-15-18-6-7-19-15/h2-5,8-9,15-17H,6-7,10H2,1H3. The monoisotopic (exact) mass is 258 g/mol. The summed E-state index contributed by atoms with van der Waals surface area (Å²) < 4.78 is 11.0. The summed E-state index contributed by atoms with van der Waals surface area (Å²) in [7, 11) is 0. The van der Waals surface area contributed by atoms with Crippen LogP contribution >= 0.6 is 0 Å². The highest BCUT2D eigenvalue weighted by Crippen LogP contribution is 2.20. The molecule has 0 saturated carbocycles. The van der Waals surface area contributed by atoms with Gasteiger partial charge in [0.15, 0.2) is 6.29 Å². The molecule has 0 spiro atoms. The Morgan fingerprint density at radius 2 is 1.74 bits per heavy atom. The van der Waals surface area contributed by atoms with Gasteiger partial charge in [0.1, 0.15) is 0 Å². The molecule has 2 N–H and O–H groups in total. The number of allylic oxidation sites excluding steroid dienone is 5. The average molecular weight is 258 g/mol. The molecule has 1 fully saturated rings. The van der Waals surface area contributed by atoms with E-state index in [2.05, 4.69) is 35.8 Å². The Bertz CT molecular complexity index is 506. The number of dihydropyridines is 2. The predicted molar refractivity (Wildman–Crippen MR) is 73.7 cm³/mol. The molecule has 0 unspecified atom stereocenters. The van der Waals surface area contributed by atoms with E-state index in [1.54, 1.807) is 0 Å². The van der Waals surface area contributed by atoms with Crippen LogP contribution in [0.25, 0.3) is 0 Å². The number of hydrogen-bond donors (Lipinski definition) is 2. The molecule has 0 aromatic carbocycles. The van der Waals surface area contributed by atoms with Crippen molar-refractivity contribution in [3.05, 3.63) is 59.2 Å². The molecule has 0 amide bonds. The minimum atomic E-state index is -0.100. The lowest BCUT2D eigenvalue weighted by Crippen LogP contribution is -2.18. The molecule has 100 valence electrons. The fourth-order valence-electron chi connectivity index (χ4n) is 2.25. The van der Waals surface area contributed by atoms with Gasteiger partial charge >= 0.3 is 0 Å². The van der Waals surface area contributed by atoms with Crippen LogP contribution in [0.2, 0.25) is 0 Å². The first-order valence-electron chi connectivity index (χ1n) is 6.54. The first kappa shape index (κ1) is 12.3. The number of rotatable bonds is 2. The topological polar surface area (TPSA) is 42.5 Å². The molecule has 4 heteroatoms. The zero-order valence-corrected chi connectivity index (χ0v) is 11.0. The molecule has 0 bridgehead atoms. The third kappa shape index (κ3) is 2.97. The number of nitrogens with one attached hydrogen (secondary N) is 2. The van der Waals surface area contributed by atoms with Crippen molar-refractivity contribution in [1.82, 2.24) is 10.6 Å². The molecule has 0 radical (unpaired) electrons. The number of hydrogen-bond acceptors (Lipinski definition) is 4. The van der Waals surface area contributed by atoms with Crippen LogP contribution in [-0.4, -0.2) is 19.5 Å². The molecular weight excluding hydrogens is 240 g/mol. The molecule has 4 nitrogen and oxygen atoms in total. The largest absolute Gasteiger partial charge is 0.360 e. The Morgan fingerprint density at radius 3 is 2.47 bits per heavy atom. The van der Waals surface area contributed by atoms with E-state index in [1.165, 1.54) is 11.1 Å². The van der Waals surface area contributed by atoms with Gasteiger partial charge in [0.2, 0.25) is 0 Å². The second-order valence-corrected chi connectivity index (χ2v) is 4.77. The van der Waals surface area contributed by atoms with Gasteiger partial charge in [-0.15, -0.1) is 0 Å². The molecule has 1 saturated heterocycles. The summed E-state index contributed by atoms with van der Waals surface area (Å²) in [5.41, 5.74) is 4.58. The van der Waals surface area contributed by atoms with Crippen LogP contribution in [0.4, 0.5) is 0 Å². The van der Waals surface area contributed by atoms with Gasteiger partial charge in [0.25, 0.3) is 0 Å². The van der Waals surface area contributed by atoms with Crippen LogP contribution in [-0.2, 0) is 9.47 Å². The van der Waals surface area contributed by atoms with Crippen molar-refractivity contribution in [3.8, 4) is 0 Å². The zero-order chi connectivity index (χ0) is 13.1. The smallest absolute Gasteiger partial charge is 0.161 e. The van der Waals surface area contributed by atoms with Crippen LogP contribution in [0.1, 0.15) is 13.3 Å². The molecular formula is C15H18N2O2. The van der Waals surface area contributed by atoms with E-state index in [1.807, 2.05) is 18.5 Å². The van der Waals surface area contributed by atoms with E-state index < -0.39 is 0 Å². The van der Waals surface area contributed by atoms with Gasteiger partial charge in [-0.05, 0) is 42.4 Å². The first-order chi connectivity index (χ1) is 9.31. The fraction of sp³-hybridized carbons (Fsp3) is 0.333. The van der Waals surface area contributed by atoms with Crippen LogP contribution < -0.4 is 10.6 Å². The van der Waals surface area contributed by atoms with Gasteiger partial charge in [0.05, 0.1) is 24.6 Å². The zero-order valence-electron chi connectivity index (χ0n) is 11.0. The van der Waals surface area contributed by atoms with E-state index in [9.17, 15) is 0 Å². The van der Waals surface area contributed by atoms with Crippen molar-refractivity contribution in [1.29, 1.82) is 0 Å². The van der Waals surface area contributed by atoms with Crippen molar-refractivity contribution in [2.24, 2.45) is 0 Å². The third-order valence-electron chi connectivity index (χ3n) is 3.21. The van der Waals surface area contributed by atoms with Gasteiger partial charge in [-0.2, -0.15) is 0 Å². The van der Waals surface area contributed by atoms with E-state index >= 15 is 0 Å². The summed E-state index contributed by atoms with van der Waals surface area (Å²) in [4.78, 5) is 0. The lowest BCUT2D eigenvalue weighted by Gasteiger charge is -2.18. The van der Waals surface area contributed by atoms with Gasteiger partial charge in [-0.1, -0.05) is 0 Å². The van der Waals surface area contributed by atoms with Crippen LogP contribution in [0, 0.1) is 0 Å². The van der Waals surface area contributed by atoms with Crippen molar-refractivity contribution in [2.75, 3.05) is 13.2 Å². The van der Waals surface area contributed by atoms with Crippen molar-refractivity contribution in [3.63, 3.8) is 0 Å². The lowest BCUT2D eigenvalue weighted by atomic mass is 10.1. The molecule has 0 aromatic rings. The first-order valence-corrected chi connectivity index (χ1v) is 6.54. The second-order valence-electron chi connectivity index (χ2n) is 4.77. The van der Waals surface area contributed by atoms with Gasteiger partial charge in [0, 0.05) is 18.8 Å². The summed E-state index contributed by atoms with van der Waals surface area (Å²) in [5.74, 6) is 0. The number of ether oxygens (including phenoxy) is 2. The SMILES string of the molecule is CC1=CC(=C2C=C(CC3OCCO3)C=CN2)NC=C1. The third-order valence-corrected chi connectivity index (χ3v) is 3.21. The summed E-state index contributed by atoms with van der Waals surface area (Å²) >= 11 is 0. The quantitative estimate of drug-likeness (QED) is 0.795. The molecule has 0 aromatic heterocycles. The molecule has 3 heterocycles. The highest BCUT2D eigenvalue weighted by Gasteiger charge is 2.18. The Labute approximate surface area is 113 Å². The van der Waals surface area contributed by atoms with Crippen LogP contribution in [0.5, 0.6) is 0 Å². The van der Waals surface area contributed by atoms with E-state index in [4.69, 9.17) is 9.47 Å². The van der Waals surface area contributed by atoms with Crippen molar-refractivity contribution < 1.29 is 9.47 Å². The summed E-state index contributed by atoms with van der Waals surface area (Å²) in [6.45, 7) is 3.48. The molecule has 0 aliphatic carbocycles. The van der Waals surface area contributed by atoms with Crippen molar-refractivity contribution >= 4 is 0 Å². The summed E-state index contributed by atoms with van der Waals surface area (Å²) in [6.07, 6.45) is 13.0. The highest BCUT2D eigenvalue weighted by atomic mass is 16.7. The molecule has 3 aliphatic rings. The van der Waals surface area contributed by atoms with Crippen molar-refractivity contribution in [2.45, 2.75) is 19.6 Å². The Balaban J connectivity index is 1.77. The summed E-state index contributed by atoms with van der Waals surface area (Å²) in [6, 6.07) is 0. The predicted octanol–water partition coefficient (Wildman–Crippen LogP) is 2.07. The van der Waals surface area contributed by atoms with E-state index in [0.717, 1.165) is 17.8 Å². The van der Waals surface area contributed by atoms with Crippen LogP contribution in [0.15, 0.2) is 59.2 Å². The molecule has 19 heavy (non-hydrogen) atoms. The van der Waals surface area contributed by atoms with Gasteiger partial charge in [-0.25, -0.2) is 0 Å². The minimum Gasteiger partial charge on any atom is -0.360 e. The fourth-order valence-corrected chi connectivity index (χ4v) is 2.25. The molecule has 3 aliphatic heterocycles. The van der Waals surface area contributed by atoms with Gasteiger partial charge in [-0.3, -0.25) is 0 Å². The second kappa shape index (κ2) is 5.47. The normalized spacial score (nSPS) is 26.8. The van der Waals surface area contributed by atoms with Crippen LogP contribution in [0.3, 0.4) is 0 Å². The minimum absolute atomic E-state index is 0.100. The Hall–Kier alpha value is -1.78. The molecule has 3 rings (SSSR count). The maximum atomic E-state index is 5.48. The highest BCUT2D eigenvalue weighted by molar-refractivity contribution is 5.44. The maximum absolute atomic E-state index is 5.48. The lowest BCUT2D eigenvalue weighted by molar-refractivity contribution is -0.0394. The average Bonchev–Trinajstić information content (AvgIpc) is 2.92.